The van der Waals surface area contributed by atoms with E-state index in [1.807, 2.05) is 6.92 Å². The van der Waals surface area contributed by atoms with Crippen LogP contribution in [0.25, 0.3) is 0 Å². The van der Waals surface area contributed by atoms with Gasteiger partial charge in [0.15, 0.2) is 0 Å². The first kappa shape index (κ1) is 22.6. The van der Waals surface area contributed by atoms with Gasteiger partial charge in [0.2, 0.25) is 10.0 Å². The monoisotopic (exact) mass is 427 g/mol. The fourth-order valence-electron chi connectivity index (χ4n) is 2.86. The summed E-state index contributed by atoms with van der Waals surface area (Å²) in [6.07, 6.45) is -0.159. The second-order valence-corrected chi connectivity index (χ2v) is 10.5. The van der Waals surface area contributed by atoms with Gasteiger partial charge in [-0.2, -0.15) is 16.1 Å². The Morgan fingerprint density at radius 1 is 1.39 bits per heavy atom. The maximum atomic E-state index is 13.0. The summed E-state index contributed by atoms with van der Waals surface area (Å²) in [5, 5.41) is 19.0. The van der Waals surface area contributed by atoms with E-state index < -0.39 is 32.9 Å². The van der Waals surface area contributed by atoms with E-state index in [2.05, 4.69) is 11.8 Å². The first-order valence-corrected chi connectivity index (χ1v) is 11.3. The molecule has 1 fully saturated rings. The van der Waals surface area contributed by atoms with Gasteiger partial charge >= 0.3 is 5.97 Å². The molecule has 7 nitrogen and oxygen atoms in total. The minimum Gasteiger partial charge on any atom is -0.481 e. The van der Waals surface area contributed by atoms with E-state index in [1.165, 1.54) is 36.0 Å². The molecule has 2 atom stereocenters. The third kappa shape index (κ3) is 5.20. The van der Waals surface area contributed by atoms with Crippen LogP contribution in [0.4, 0.5) is 0 Å². The maximum absolute atomic E-state index is 13.0. The summed E-state index contributed by atoms with van der Waals surface area (Å²) in [6, 6.07) is 4.65. The number of thioether (sulfide) groups is 1. The Morgan fingerprint density at radius 3 is 2.61 bits per heavy atom. The SMILES string of the molecule is CCC(O)C#CCOc1ccc(S(=O)(=O)N2CCSC(C)(C)C2C(=O)O)cc1. The molecule has 9 heteroatoms. The van der Waals surface area contributed by atoms with Crippen LogP contribution in [0.5, 0.6) is 5.75 Å². The van der Waals surface area contributed by atoms with Crippen LogP contribution in [0.1, 0.15) is 27.2 Å². The number of carboxylic acid groups (broad SMARTS) is 1. The third-order valence-corrected chi connectivity index (χ3v) is 7.60. The summed E-state index contributed by atoms with van der Waals surface area (Å²) in [5.41, 5.74) is 0. The van der Waals surface area contributed by atoms with Crippen molar-refractivity contribution in [2.45, 2.75) is 49.0 Å². The predicted octanol–water partition coefficient (Wildman–Crippen LogP) is 1.81. The molecule has 0 amide bonds. The van der Waals surface area contributed by atoms with E-state index in [0.29, 0.717) is 17.9 Å². The topological polar surface area (TPSA) is 104 Å². The lowest BCUT2D eigenvalue weighted by molar-refractivity contribution is -0.142. The van der Waals surface area contributed by atoms with Crippen LogP contribution >= 0.6 is 11.8 Å². The highest BCUT2D eigenvalue weighted by Crippen LogP contribution is 2.38. The summed E-state index contributed by atoms with van der Waals surface area (Å²) in [4.78, 5) is 11.8. The summed E-state index contributed by atoms with van der Waals surface area (Å²) in [6.45, 7) is 5.51. The van der Waals surface area contributed by atoms with Crippen molar-refractivity contribution in [3.63, 3.8) is 0 Å². The van der Waals surface area contributed by atoms with E-state index in [1.54, 1.807) is 13.8 Å². The molecular weight excluding hydrogens is 402 g/mol. The summed E-state index contributed by atoms with van der Waals surface area (Å²) in [7, 11) is -3.96. The van der Waals surface area contributed by atoms with Crippen LogP contribution in [-0.2, 0) is 14.8 Å². The van der Waals surface area contributed by atoms with E-state index in [-0.39, 0.29) is 18.0 Å². The highest BCUT2D eigenvalue weighted by Gasteiger charge is 2.48. The number of nitrogens with zero attached hydrogens (tertiary/aromatic N) is 1. The van der Waals surface area contributed by atoms with Gasteiger partial charge in [-0.25, -0.2) is 8.42 Å². The lowest BCUT2D eigenvalue weighted by atomic mass is 10.0. The van der Waals surface area contributed by atoms with Crippen LogP contribution < -0.4 is 4.74 Å². The first-order chi connectivity index (χ1) is 13.1. The molecule has 154 valence electrons. The Morgan fingerprint density at radius 2 is 2.04 bits per heavy atom. The fourth-order valence-corrected chi connectivity index (χ4v) is 5.95. The minimum atomic E-state index is -3.96. The van der Waals surface area contributed by atoms with Gasteiger partial charge in [-0.05, 0) is 44.5 Å². The van der Waals surface area contributed by atoms with Crippen molar-refractivity contribution >= 4 is 27.8 Å². The number of carboxylic acids is 1. The standard InChI is InChI=1S/C19H25NO6S2/c1-4-14(21)6-5-12-26-15-7-9-16(10-8-15)28(24,25)20-11-13-27-19(2,3)17(20)18(22)23/h7-10,14,17,21H,4,11-13H2,1-3H3,(H,22,23). The zero-order chi connectivity index (χ0) is 20.9. The molecule has 1 heterocycles. The largest absolute Gasteiger partial charge is 0.481 e. The van der Waals surface area contributed by atoms with Crippen molar-refractivity contribution < 1.29 is 28.2 Å². The number of carbonyl (C=O) groups is 1. The van der Waals surface area contributed by atoms with Crippen molar-refractivity contribution in [2.75, 3.05) is 18.9 Å². The smallest absolute Gasteiger partial charge is 0.323 e. The van der Waals surface area contributed by atoms with Crippen molar-refractivity contribution in [1.29, 1.82) is 0 Å². The predicted molar refractivity (Wildman–Crippen MR) is 108 cm³/mol. The van der Waals surface area contributed by atoms with Gasteiger partial charge in [-0.1, -0.05) is 18.8 Å². The van der Waals surface area contributed by atoms with Crippen LogP contribution in [-0.4, -0.2) is 64.7 Å². The molecule has 0 saturated carbocycles. The highest BCUT2D eigenvalue weighted by atomic mass is 32.2. The van der Waals surface area contributed by atoms with E-state index in [9.17, 15) is 23.4 Å². The average molecular weight is 428 g/mol. The lowest BCUT2D eigenvalue weighted by Gasteiger charge is -2.42. The molecule has 0 aliphatic carbocycles. The molecule has 1 aromatic rings. The van der Waals surface area contributed by atoms with Crippen LogP contribution in [0.3, 0.4) is 0 Å². The molecule has 0 aromatic heterocycles. The molecule has 1 aromatic carbocycles. The van der Waals surface area contributed by atoms with Gasteiger partial charge < -0.3 is 14.9 Å². The zero-order valence-electron chi connectivity index (χ0n) is 16.1. The Bertz CT molecular complexity index is 855. The van der Waals surface area contributed by atoms with Gasteiger partial charge in [0, 0.05) is 17.0 Å². The molecule has 2 rings (SSSR count). The maximum Gasteiger partial charge on any atom is 0.323 e. The van der Waals surface area contributed by atoms with Gasteiger partial charge in [-0.15, -0.1) is 0 Å². The average Bonchev–Trinajstić information content (AvgIpc) is 2.64. The number of benzene rings is 1. The number of rotatable bonds is 6. The Balaban J connectivity index is 2.17. The van der Waals surface area contributed by atoms with Crippen LogP contribution in [0.2, 0.25) is 0 Å². The number of sulfonamides is 1. The fraction of sp³-hybridized carbons (Fsp3) is 0.526. The zero-order valence-corrected chi connectivity index (χ0v) is 17.7. The van der Waals surface area contributed by atoms with E-state index in [0.717, 1.165) is 4.31 Å². The number of aliphatic hydroxyl groups excluding tert-OH is 1. The molecule has 28 heavy (non-hydrogen) atoms. The Labute approximate surface area is 170 Å². The number of aliphatic hydroxyl groups is 1. The van der Waals surface area contributed by atoms with E-state index in [4.69, 9.17) is 4.74 Å². The van der Waals surface area contributed by atoms with Crippen molar-refractivity contribution in [3.05, 3.63) is 24.3 Å². The number of aliphatic carboxylic acids is 1. The first-order valence-electron chi connectivity index (χ1n) is 8.87. The Hall–Kier alpha value is -1.73. The molecular formula is C19H25NO6S2. The second-order valence-electron chi connectivity index (χ2n) is 6.81. The van der Waals surface area contributed by atoms with Gasteiger partial charge in [0.05, 0.1) is 4.90 Å². The molecule has 0 radical (unpaired) electrons. The van der Waals surface area contributed by atoms with E-state index >= 15 is 0 Å². The van der Waals surface area contributed by atoms with Crippen LogP contribution in [0, 0.1) is 11.8 Å². The molecule has 2 N–H and O–H groups in total. The third-order valence-electron chi connectivity index (χ3n) is 4.36. The molecule has 0 spiro atoms. The normalized spacial score (nSPS) is 20.6. The number of hydrogen-bond donors (Lipinski definition) is 2. The Kier molecular flexibility index (Phi) is 7.39. The quantitative estimate of drug-likeness (QED) is 0.667. The number of ether oxygens (including phenoxy) is 1. The highest BCUT2D eigenvalue weighted by molar-refractivity contribution is 8.00. The second kappa shape index (κ2) is 9.18. The minimum absolute atomic E-state index is 0.0151. The summed E-state index contributed by atoms with van der Waals surface area (Å²) in [5.74, 6) is 5.12. The van der Waals surface area contributed by atoms with Gasteiger partial charge in [0.25, 0.3) is 0 Å². The van der Waals surface area contributed by atoms with Crippen molar-refractivity contribution in [3.8, 4) is 17.6 Å². The molecule has 0 bridgehead atoms. The molecule has 1 saturated heterocycles. The van der Waals surface area contributed by atoms with Crippen LogP contribution in [0.15, 0.2) is 29.2 Å². The summed E-state index contributed by atoms with van der Waals surface area (Å²) < 4.78 is 31.8. The van der Waals surface area contributed by atoms with Crippen molar-refractivity contribution in [1.82, 2.24) is 4.31 Å². The summed E-state index contributed by atoms with van der Waals surface area (Å²) >= 11 is 1.45. The molecule has 1 aliphatic heterocycles. The molecule has 2 unspecified atom stereocenters. The van der Waals surface area contributed by atoms with Crippen molar-refractivity contribution in [2.24, 2.45) is 0 Å². The van der Waals surface area contributed by atoms with Gasteiger partial charge in [0.1, 0.15) is 24.5 Å². The molecule has 1 aliphatic rings. The number of hydrogen-bond acceptors (Lipinski definition) is 6. The lowest BCUT2D eigenvalue weighted by Crippen LogP contribution is -2.58. The van der Waals surface area contributed by atoms with Gasteiger partial charge in [-0.3, -0.25) is 4.79 Å².